The highest BCUT2D eigenvalue weighted by atomic mass is 35.5. The van der Waals surface area contributed by atoms with Crippen LogP contribution in [-0.4, -0.2) is 19.9 Å². The molecular weight excluding hydrogens is 301 g/mol. The highest BCUT2D eigenvalue weighted by Crippen LogP contribution is 2.37. The lowest BCUT2D eigenvalue weighted by Crippen LogP contribution is -2.11. The number of sulfone groups is 1. The first kappa shape index (κ1) is 14.7. The Balaban J connectivity index is 2.15. The molecule has 0 amide bonds. The Morgan fingerprint density at radius 2 is 1.79 bits per heavy atom. The van der Waals surface area contributed by atoms with Gasteiger partial charge in [0.05, 0.1) is 22.4 Å². The van der Waals surface area contributed by atoms with Crippen LogP contribution in [0.15, 0.2) is 24.3 Å². The predicted octanol–water partition coefficient (Wildman–Crippen LogP) is 3.42. The van der Waals surface area contributed by atoms with Crippen LogP contribution in [0.1, 0.15) is 22.9 Å². The van der Waals surface area contributed by atoms with E-state index in [9.17, 15) is 21.6 Å². The molecule has 0 bridgehead atoms. The van der Waals surface area contributed by atoms with Crippen molar-refractivity contribution in [1.29, 1.82) is 0 Å². The Kier molecular flexibility index (Phi) is 3.84. The molecule has 1 aliphatic rings. The Morgan fingerprint density at radius 3 is 2.21 bits per heavy atom. The molecule has 0 N–H and O–H groups in total. The summed E-state index contributed by atoms with van der Waals surface area (Å²) in [6, 6.07) is 4.55. The molecule has 1 aromatic carbocycles. The van der Waals surface area contributed by atoms with Crippen LogP contribution in [0.25, 0.3) is 0 Å². The fraction of sp³-hybridized carbons (Fsp3) is 0.500. The van der Waals surface area contributed by atoms with Gasteiger partial charge in [-0.05, 0) is 30.0 Å². The van der Waals surface area contributed by atoms with Crippen LogP contribution in [0.4, 0.5) is 13.2 Å². The van der Waals surface area contributed by atoms with E-state index in [0.717, 1.165) is 12.1 Å². The largest absolute Gasteiger partial charge is 0.416 e. The molecule has 0 radical (unpaired) electrons. The van der Waals surface area contributed by atoms with Gasteiger partial charge in [0, 0.05) is 0 Å². The summed E-state index contributed by atoms with van der Waals surface area (Å²) in [7, 11) is -3.04. The zero-order valence-electron chi connectivity index (χ0n) is 9.82. The van der Waals surface area contributed by atoms with Gasteiger partial charge in [-0.3, -0.25) is 0 Å². The molecule has 2 unspecified atom stereocenters. The van der Waals surface area contributed by atoms with Crippen LogP contribution in [0, 0.1) is 5.92 Å². The lowest BCUT2D eigenvalue weighted by atomic mass is 9.97. The van der Waals surface area contributed by atoms with E-state index in [1.54, 1.807) is 0 Å². The van der Waals surface area contributed by atoms with Gasteiger partial charge in [-0.1, -0.05) is 12.1 Å². The van der Waals surface area contributed by atoms with E-state index < -0.39 is 27.0 Å². The fourth-order valence-electron chi connectivity index (χ4n) is 2.18. The normalized spacial score (nSPS) is 24.3. The SMILES string of the molecule is O=S1(=O)CCC(C(Cl)c2ccc(C(F)(F)F)cc2)C1. The maximum atomic E-state index is 12.4. The van der Waals surface area contributed by atoms with Crippen molar-refractivity contribution in [2.24, 2.45) is 5.92 Å². The van der Waals surface area contributed by atoms with Gasteiger partial charge >= 0.3 is 6.18 Å². The van der Waals surface area contributed by atoms with Gasteiger partial charge in [0.25, 0.3) is 0 Å². The lowest BCUT2D eigenvalue weighted by molar-refractivity contribution is -0.137. The van der Waals surface area contributed by atoms with Crippen LogP contribution in [0.3, 0.4) is 0 Å². The number of halogens is 4. The summed E-state index contributed by atoms with van der Waals surface area (Å²) in [4.78, 5) is 0. The molecule has 106 valence electrons. The van der Waals surface area contributed by atoms with Gasteiger partial charge < -0.3 is 0 Å². The smallest absolute Gasteiger partial charge is 0.229 e. The molecule has 0 aromatic heterocycles. The van der Waals surface area contributed by atoms with Crippen LogP contribution in [0.5, 0.6) is 0 Å². The Labute approximate surface area is 114 Å². The summed E-state index contributed by atoms with van der Waals surface area (Å²) < 4.78 is 59.9. The Hall–Kier alpha value is -0.750. The van der Waals surface area contributed by atoms with Gasteiger partial charge in [0.15, 0.2) is 9.84 Å². The second-order valence-corrected chi connectivity index (χ2v) is 7.38. The van der Waals surface area contributed by atoms with E-state index in [4.69, 9.17) is 11.6 Å². The van der Waals surface area contributed by atoms with Crippen molar-refractivity contribution < 1.29 is 21.6 Å². The Morgan fingerprint density at radius 1 is 1.21 bits per heavy atom. The van der Waals surface area contributed by atoms with Gasteiger partial charge in [-0.2, -0.15) is 13.2 Å². The predicted molar refractivity (Wildman–Crippen MR) is 66.8 cm³/mol. The Bertz CT molecular complexity index is 551. The summed E-state index contributed by atoms with van der Waals surface area (Å²) in [5.41, 5.74) is -0.212. The molecule has 0 spiro atoms. The highest BCUT2D eigenvalue weighted by Gasteiger charge is 2.34. The first-order valence-corrected chi connectivity index (χ1v) is 7.96. The minimum absolute atomic E-state index is 0.00217. The van der Waals surface area contributed by atoms with Crippen molar-refractivity contribution in [2.45, 2.75) is 18.0 Å². The third-order valence-corrected chi connectivity index (χ3v) is 5.64. The van der Waals surface area contributed by atoms with E-state index in [-0.39, 0.29) is 17.4 Å². The molecule has 1 aromatic rings. The molecule has 2 nitrogen and oxygen atoms in total. The zero-order chi connectivity index (χ0) is 14.3. The first-order valence-electron chi connectivity index (χ1n) is 5.71. The summed E-state index contributed by atoms with van der Waals surface area (Å²) in [5, 5.41) is -0.570. The average Bonchev–Trinajstić information content (AvgIpc) is 2.68. The first-order chi connectivity index (χ1) is 8.69. The lowest BCUT2D eigenvalue weighted by Gasteiger charge is -2.16. The second kappa shape index (κ2) is 4.98. The fourth-order valence-corrected chi connectivity index (χ4v) is 4.49. The number of hydrogen-bond acceptors (Lipinski definition) is 2. The van der Waals surface area contributed by atoms with Gasteiger partial charge in [0.2, 0.25) is 0 Å². The molecule has 1 fully saturated rings. The van der Waals surface area contributed by atoms with Crippen LogP contribution in [0.2, 0.25) is 0 Å². The van der Waals surface area contributed by atoms with Crippen LogP contribution in [-0.2, 0) is 16.0 Å². The number of rotatable bonds is 2. The molecule has 0 aliphatic carbocycles. The highest BCUT2D eigenvalue weighted by molar-refractivity contribution is 7.91. The topological polar surface area (TPSA) is 34.1 Å². The van der Waals surface area contributed by atoms with Gasteiger partial charge in [0.1, 0.15) is 0 Å². The quantitative estimate of drug-likeness (QED) is 0.784. The van der Waals surface area contributed by atoms with E-state index in [1.807, 2.05) is 0 Å². The third-order valence-electron chi connectivity index (χ3n) is 3.24. The number of hydrogen-bond donors (Lipinski definition) is 0. The summed E-state index contributed by atoms with van der Waals surface area (Å²) in [6.45, 7) is 0. The van der Waals surface area contributed by atoms with Crippen molar-refractivity contribution in [1.82, 2.24) is 0 Å². The van der Waals surface area contributed by atoms with Crippen molar-refractivity contribution in [3.8, 4) is 0 Å². The van der Waals surface area contributed by atoms with Crippen molar-refractivity contribution >= 4 is 21.4 Å². The number of benzene rings is 1. The van der Waals surface area contributed by atoms with E-state index in [0.29, 0.717) is 12.0 Å². The molecule has 1 saturated heterocycles. The van der Waals surface area contributed by atoms with E-state index >= 15 is 0 Å². The minimum Gasteiger partial charge on any atom is -0.229 e. The standard InChI is InChI=1S/C12H12ClF3O2S/c13-11(9-5-6-19(17,18)7-9)8-1-3-10(4-2-8)12(14,15)16/h1-4,9,11H,5-7H2. The molecule has 7 heteroatoms. The number of alkyl halides is 4. The monoisotopic (exact) mass is 312 g/mol. The summed E-state index contributed by atoms with van der Waals surface area (Å²) in [6.07, 6.45) is -3.92. The maximum Gasteiger partial charge on any atom is 0.416 e. The third kappa shape index (κ3) is 3.42. The second-order valence-electron chi connectivity index (χ2n) is 4.68. The summed E-state index contributed by atoms with van der Waals surface area (Å²) in [5.74, 6) is -0.132. The van der Waals surface area contributed by atoms with E-state index in [2.05, 4.69) is 0 Å². The molecule has 19 heavy (non-hydrogen) atoms. The van der Waals surface area contributed by atoms with Crippen molar-refractivity contribution in [3.63, 3.8) is 0 Å². The van der Waals surface area contributed by atoms with Crippen LogP contribution >= 0.6 is 11.6 Å². The van der Waals surface area contributed by atoms with E-state index in [1.165, 1.54) is 12.1 Å². The molecule has 1 heterocycles. The van der Waals surface area contributed by atoms with Crippen LogP contribution < -0.4 is 0 Å². The summed E-state index contributed by atoms with van der Waals surface area (Å²) >= 11 is 6.16. The minimum atomic E-state index is -4.38. The average molecular weight is 313 g/mol. The van der Waals surface area contributed by atoms with Gasteiger partial charge in [-0.25, -0.2) is 8.42 Å². The molecule has 1 aliphatic heterocycles. The van der Waals surface area contributed by atoms with Gasteiger partial charge in [-0.15, -0.1) is 11.6 Å². The molecule has 0 saturated carbocycles. The molecule has 2 rings (SSSR count). The zero-order valence-corrected chi connectivity index (χ0v) is 11.4. The molecule has 2 atom stereocenters. The maximum absolute atomic E-state index is 12.4. The molecular formula is C12H12ClF3O2S. The van der Waals surface area contributed by atoms with Crippen molar-refractivity contribution in [3.05, 3.63) is 35.4 Å². The van der Waals surface area contributed by atoms with Crippen molar-refractivity contribution in [2.75, 3.05) is 11.5 Å².